The summed E-state index contributed by atoms with van der Waals surface area (Å²) in [6.07, 6.45) is 0.860. The summed E-state index contributed by atoms with van der Waals surface area (Å²) in [6, 6.07) is 14.3. The number of carbonyl (C=O) groups excluding carboxylic acids is 1. The smallest absolute Gasteiger partial charge is 0.260 e. The molecule has 1 aliphatic heterocycles. The van der Waals surface area contributed by atoms with Gasteiger partial charge < -0.3 is 14.6 Å². The van der Waals surface area contributed by atoms with E-state index in [1.54, 1.807) is 0 Å². The van der Waals surface area contributed by atoms with E-state index >= 15 is 0 Å². The second-order valence-electron chi connectivity index (χ2n) is 6.75. The Morgan fingerprint density at radius 2 is 2.04 bits per heavy atom. The number of aryl methyl sites for hydroxylation is 2. The molecule has 0 saturated heterocycles. The Labute approximate surface area is 147 Å². The molecule has 1 aromatic heterocycles. The quantitative estimate of drug-likeness (QED) is 0.793. The highest BCUT2D eigenvalue weighted by atomic mass is 16.5. The molecule has 0 aliphatic carbocycles. The summed E-state index contributed by atoms with van der Waals surface area (Å²) >= 11 is 0. The fraction of sp³-hybridized carbons (Fsp3) is 0.286. The minimum absolute atomic E-state index is 0.0379. The van der Waals surface area contributed by atoms with E-state index in [0.717, 1.165) is 29.8 Å². The maximum atomic E-state index is 12.6. The van der Waals surface area contributed by atoms with Crippen molar-refractivity contribution >= 4 is 16.8 Å². The number of carbonyl (C=O) groups is 1. The fourth-order valence-electron chi connectivity index (χ4n) is 3.57. The van der Waals surface area contributed by atoms with E-state index in [-0.39, 0.29) is 12.5 Å². The highest BCUT2D eigenvalue weighted by molar-refractivity contribution is 5.86. The molecule has 4 rings (SSSR count). The van der Waals surface area contributed by atoms with Crippen molar-refractivity contribution < 1.29 is 9.53 Å². The Bertz CT molecular complexity index is 942. The number of rotatable bonds is 3. The van der Waals surface area contributed by atoms with Crippen LogP contribution in [0.5, 0.6) is 5.75 Å². The van der Waals surface area contributed by atoms with Crippen LogP contribution in [0.4, 0.5) is 0 Å². The van der Waals surface area contributed by atoms with Gasteiger partial charge in [0, 0.05) is 41.7 Å². The van der Waals surface area contributed by atoms with Gasteiger partial charge in [0.25, 0.3) is 5.91 Å². The lowest BCUT2D eigenvalue weighted by atomic mass is 10.0. The van der Waals surface area contributed by atoms with E-state index in [1.165, 1.54) is 22.2 Å². The van der Waals surface area contributed by atoms with Gasteiger partial charge in [0.15, 0.2) is 6.61 Å². The van der Waals surface area contributed by atoms with Crippen LogP contribution >= 0.6 is 0 Å². The third kappa shape index (κ3) is 3.00. The molecule has 4 nitrogen and oxygen atoms in total. The van der Waals surface area contributed by atoms with Crippen LogP contribution in [0.1, 0.15) is 22.4 Å². The average Bonchev–Trinajstić information content (AvgIpc) is 2.98. The predicted molar refractivity (Wildman–Crippen MR) is 98.8 cm³/mol. The summed E-state index contributed by atoms with van der Waals surface area (Å²) < 4.78 is 5.76. The lowest BCUT2D eigenvalue weighted by Crippen LogP contribution is -2.38. The minimum atomic E-state index is 0.0379. The number of hydrogen-bond acceptors (Lipinski definition) is 2. The van der Waals surface area contributed by atoms with Crippen LogP contribution in [0.15, 0.2) is 42.5 Å². The maximum Gasteiger partial charge on any atom is 0.260 e. The summed E-state index contributed by atoms with van der Waals surface area (Å²) in [7, 11) is 0. The summed E-state index contributed by atoms with van der Waals surface area (Å²) in [5, 5.41) is 1.21. The molecule has 0 spiro atoms. The van der Waals surface area contributed by atoms with Crippen molar-refractivity contribution in [1.82, 2.24) is 9.88 Å². The standard InChI is InChI=1S/C21H22N2O2/c1-14-7-8-20(15(2)11-14)25-13-21(24)23-10-9-19-17(12-23)16-5-3-4-6-18(16)22-19/h3-8,11,22H,9-10,12-13H2,1-2H3. The van der Waals surface area contributed by atoms with Gasteiger partial charge in [-0.25, -0.2) is 0 Å². The van der Waals surface area contributed by atoms with Crippen LogP contribution in [0.25, 0.3) is 10.9 Å². The number of aromatic nitrogens is 1. The number of fused-ring (bicyclic) bond motifs is 3. The molecule has 128 valence electrons. The molecule has 2 heterocycles. The van der Waals surface area contributed by atoms with Gasteiger partial charge in [-0.1, -0.05) is 35.9 Å². The topological polar surface area (TPSA) is 45.3 Å². The highest BCUT2D eigenvalue weighted by Gasteiger charge is 2.24. The first-order valence-corrected chi connectivity index (χ1v) is 8.68. The molecule has 0 unspecified atom stereocenters. The van der Waals surface area contributed by atoms with Crippen molar-refractivity contribution in [3.05, 3.63) is 64.8 Å². The molecule has 4 heteroatoms. The van der Waals surface area contributed by atoms with Crippen LogP contribution < -0.4 is 4.74 Å². The van der Waals surface area contributed by atoms with Crippen LogP contribution in [-0.4, -0.2) is 28.9 Å². The molecule has 0 fully saturated rings. The van der Waals surface area contributed by atoms with Crippen LogP contribution in [0, 0.1) is 13.8 Å². The number of benzene rings is 2. The first-order chi connectivity index (χ1) is 12.1. The number of amides is 1. The van der Waals surface area contributed by atoms with Crippen molar-refractivity contribution in [3.8, 4) is 5.75 Å². The number of hydrogen-bond donors (Lipinski definition) is 1. The zero-order valence-electron chi connectivity index (χ0n) is 14.6. The second kappa shape index (κ2) is 6.28. The summed E-state index contributed by atoms with van der Waals surface area (Å²) in [4.78, 5) is 18.0. The first kappa shape index (κ1) is 15.8. The number of para-hydroxylation sites is 1. The van der Waals surface area contributed by atoms with E-state index in [1.807, 2.05) is 36.1 Å². The third-order valence-electron chi connectivity index (χ3n) is 4.92. The molecule has 3 aromatic rings. The maximum absolute atomic E-state index is 12.6. The fourth-order valence-corrected chi connectivity index (χ4v) is 3.57. The van der Waals surface area contributed by atoms with Crippen molar-refractivity contribution in [3.63, 3.8) is 0 Å². The zero-order chi connectivity index (χ0) is 17.4. The normalized spacial score (nSPS) is 13.8. The molecular weight excluding hydrogens is 312 g/mol. The lowest BCUT2D eigenvalue weighted by molar-refractivity contribution is -0.134. The van der Waals surface area contributed by atoms with Crippen LogP contribution in [-0.2, 0) is 17.8 Å². The minimum Gasteiger partial charge on any atom is -0.484 e. The van der Waals surface area contributed by atoms with Crippen molar-refractivity contribution in [2.45, 2.75) is 26.8 Å². The Kier molecular flexibility index (Phi) is 3.96. The van der Waals surface area contributed by atoms with Gasteiger partial charge in [-0.05, 0) is 31.5 Å². The van der Waals surface area contributed by atoms with Gasteiger partial charge in [0.2, 0.25) is 0 Å². The van der Waals surface area contributed by atoms with Gasteiger partial charge >= 0.3 is 0 Å². The Hall–Kier alpha value is -2.75. The average molecular weight is 334 g/mol. The predicted octanol–water partition coefficient (Wildman–Crippen LogP) is 3.75. The molecule has 0 saturated carbocycles. The number of ether oxygens (including phenoxy) is 1. The number of aromatic amines is 1. The van der Waals surface area contributed by atoms with Gasteiger partial charge in [0.1, 0.15) is 5.75 Å². The summed E-state index contributed by atoms with van der Waals surface area (Å²) in [5.74, 6) is 0.819. The molecule has 2 aromatic carbocycles. The van der Waals surface area contributed by atoms with Gasteiger partial charge in [-0.3, -0.25) is 4.79 Å². The van der Waals surface area contributed by atoms with E-state index in [4.69, 9.17) is 4.74 Å². The van der Waals surface area contributed by atoms with Gasteiger partial charge in [-0.2, -0.15) is 0 Å². The van der Waals surface area contributed by atoms with E-state index in [0.29, 0.717) is 6.54 Å². The van der Waals surface area contributed by atoms with E-state index in [2.05, 4.69) is 30.1 Å². The molecule has 1 N–H and O–H groups in total. The molecule has 0 bridgehead atoms. The molecule has 0 atom stereocenters. The van der Waals surface area contributed by atoms with E-state index in [9.17, 15) is 4.79 Å². The van der Waals surface area contributed by atoms with E-state index < -0.39 is 0 Å². The summed E-state index contributed by atoms with van der Waals surface area (Å²) in [6.45, 7) is 5.52. The Balaban J connectivity index is 1.46. The Morgan fingerprint density at radius 1 is 1.20 bits per heavy atom. The highest BCUT2D eigenvalue weighted by Crippen LogP contribution is 2.27. The number of nitrogens with one attached hydrogen (secondary N) is 1. The Morgan fingerprint density at radius 3 is 2.88 bits per heavy atom. The third-order valence-corrected chi connectivity index (χ3v) is 4.92. The van der Waals surface area contributed by atoms with Crippen LogP contribution in [0.3, 0.4) is 0 Å². The monoisotopic (exact) mass is 334 g/mol. The number of H-pyrrole nitrogens is 1. The summed E-state index contributed by atoms with van der Waals surface area (Å²) in [5.41, 5.74) is 5.89. The molecular formula is C21H22N2O2. The molecule has 25 heavy (non-hydrogen) atoms. The van der Waals surface area contributed by atoms with Crippen molar-refractivity contribution in [2.75, 3.05) is 13.2 Å². The first-order valence-electron chi connectivity index (χ1n) is 8.68. The van der Waals surface area contributed by atoms with Crippen LogP contribution in [0.2, 0.25) is 0 Å². The second-order valence-corrected chi connectivity index (χ2v) is 6.75. The molecule has 1 aliphatic rings. The number of nitrogens with zero attached hydrogens (tertiary/aromatic N) is 1. The molecule has 1 amide bonds. The van der Waals surface area contributed by atoms with Crippen molar-refractivity contribution in [1.29, 1.82) is 0 Å². The largest absolute Gasteiger partial charge is 0.484 e. The SMILES string of the molecule is Cc1ccc(OCC(=O)N2CCc3[nH]c4ccccc4c3C2)c(C)c1. The zero-order valence-corrected chi connectivity index (χ0v) is 14.6. The van der Waals surface area contributed by atoms with Gasteiger partial charge in [0.05, 0.1) is 0 Å². The molecule has 0 radical (unpaired) electrons. The van der Waals surface area contributed by atoms with Crippen molar-refractivity contribution in [2.24, 2.45) is 0 Å². The van der Waals surface area contributed by atoms with Gasteiger partial charge in [-0.15, -0.1) is 0 Å². The lowest BCUT2D eigenvalue weighted by Gasteiger charge is -2.27.